The molecule has 2 atom stereocenters. The second-order valence-electron chi connectivity index (χ2n) is 8.18. The number of amides is 1. The number of carbonyl (C=O) groups excluding carboxylic acids is 1. The van der Waals surface area contributed by atoms with Gasteiger partial charge in [0.15, 0.2) is 0 Å². The zero-order valence-corrected chi connectivity index (χ0v) is 18.5. The molecule has 3 fully saturated rings. The minimum absolute atomic E-state index is 0. The number of hydrogen-bond donors (Lipinski definition) is 1. The average Bonchev–Trinajstić information content (AvgIpc) is 3.40. The van der Waals surface area contributed by atoms with E-state index < -0.39 is 0 Å². The van der Waals surface area contributed by atoms with E-state index >= 15 is 0 Å². The molecule has 2 saturated heterocycles. The van der Waals surface area contributed by atoms with Crippen LogP contribution in [0, 0.1) is 11.3 Å². The summed E-state index contributed by atoms with van der Waals surface area (Å²) in [7, 11) is 1.71. The molecule has 1 amide bonds. The average molecular weight is 430 g/mol. The van der Waals surface area contributed by atoms with Gasteiger partial charge in [-0.1, -0.05) is 12.1 Å². The lowest BCUT2D eigenvalue weighted by Gasteiger charge is -2.38. The first-order chi connectivity index (χ1) is 12.6. The number of ether oxygens (including phenoxy) is 1. The molecule has 1 saturated carbocycles. The molecule has 0 bridgehead atoms. The quantitative estimate of drug-likeness (QED) is 0.798. The van der Waals surface area contributed by atoms with Gasteiger partial charge in [-0.15, -0.1) is 24.8 Å². The van der Waals surface area contributed by atoms with Crippen molar-refractivity contribution in [1.29, 1.82) is 0 Å². The van der Waals surface area contributed by atoms with Gasteiger partial charge >= 0.3 is 0 Å². The first-order valence-electron chi connectivity index (χ1n) is 10.0. The van der Waals surface area contributed by atoms with Gasteiger partial charge in [0.2, 0.25) is 5.91 Å². The molecule has 1 aromatic carbocycles. The monoisotopic (exact) mass is 429 g/mol. The molecule has 4 rings (SSSR count). The zero-order valence-electron chi connectivity index (χ0n) is 16.9. The van der Waals surface area contributed by atoms with Crippen molar-refractivity contribution in [1.82, 2.24) is 15.1 Å². The van der Waals surface area contributed by atoms with E-state index in [0.717, 1.165) is 51.4 Å². The molecule has 0 radical (unpaired) electrons. The zero-order chi connectivity index (χ0) is 18.1. The van der Waals surface area contributed by atoms with Crippen LogP contribution in [0.3, 0.4) is 0 Å². The topological polar surface area (TPSA) is 44.8 Å². The standard InChI is InChI=1S/C21H31N3O2.2ClH/c1-16(17-4-3-5-18(14-17)26-2)23-10-12-24(13-11-23)20(25)19-15-21(19)6-8-22-9-7-21;;/h3-5,14,16,19,22H,6-13,15H2,1-2H3;2*1H. The molecule has 0 aromatic heterocycles. The summed E-state index contributed by atoms with van der Waals surface area (Å²) >= 11 is 0. The fraction of sp³-hybridized carbons (Fsp3) is 0.667. The lowest BCUT2D eigenvalue weighted by molar-refractivity contribution is -0.135. The summed E-state index contributed by atoms with van der Waals surface area (Å²) in [5, 5.41) is 3.42. The third-order valence-corrected chi connectivity index (χ3v) is 6.84. The third kappa shape index (κ3) is 4.59. The highest BCUT2D eigenvalue weighted by molar-refractivity contribution is 5.85. The van der Waals surface area contributed by atoms with Crippen LogP contribution in [0.25, 0.3) is 0 Å². The molecule has 158 valence electrons. The Balaban J connectivity index is 0.00000140. The van der Waals surface area contributed by atoms with E-state index in [-0.39, 0.29) is 24.8 Å². The summed E-state index contributed by atoms with van der Waals surface area (Å²) in [5.74, 6) is 1.62. The van der Waals surface area contributed by atoms with E-state index in [0.29, 0.717) is 23.3 Å². The van der Waals surface area contributed by atoms with E-state index in [1.807, 2.05) is 6.07 Å². The van der Waals surface area contributed by atoms with Crippen LogP contribution in [0.2, 0.25) is 0 Å². The molecular weight excluding hydrogens is 397 g/mol. The fourth-order valence-corrected chi connectivity index (χ4v) is 4.84. The lowest BCUT2D eigenvalue weighted by atomic mass is 9.91. The van der Waals surface area contributed by atoms with Gasteiger partial charge in [-0.2, -0.15) is 0 Å². The number of hydrogen-bond acceptors (Lipinski definition) is 4. The second-order valence-corrected chi connectivity index (χ2v) is 8.18. The predicted molar refractivity (Wildman–Crippen MR) is 117 cm³/mol. The maximum atomic E-state index is 12.9. The minimum Gasteiger partial charge on any atom is -0.497 e. The van der Waals surface area contributed by atoms with E-state index in [9.17, 15) is 4.79 Å². The van der Waals surface area contributed by atoms with Gasteiger partial charge in [-0.25, -0.2) is 0 Å². The molecule has 5 nitrogen and oxygen atoms in total. The number of rotatable bonds is 4. The van der Waals surface area contributed by atoms with Crippen LogP contribution < -0.4 is 10.1 Å². The van der Waals surface area contributed by atoms with Crippen LogP contribution in [0.4, 0.5) is 0 Å². The van der Waals surface area contributed by atoms with E-state index in [1.54, 1.807) is 7.11 Å². The van der Waals surface area contributed by atoms with Crippen LogP contribution in [-0.4, -0.2) is 62.1 Å². The van der Waals surface area contributed by atoms with Gasteiger partial charge < -0.3 is 15.0 Å². The summed E-state index contributed by atoms with van der Waals surface area (Å²) in [6.45, 7) is 8.02. The van der Waals surface area contributed by atoms with Crippen molar-refractivity contribution in [2.75, 3.05) is 46.4 Å². The molecule has 1 aromatic rings. The van der Waals surface area contributed by atoms with Crippen molar-refractivity contribution in [3.8, 4) is 5.75 Å². The molecule has 28 heavy (non-hydrogen) atoms. The predicted octanol–water partition coefficient (Wildman–Crippen LogP) is 3.13. The van der Waals surface area contributed by atoms with Gasteiger partial charge in [-0.05, 0) is 62.4 Å². The van der Waals surface area contributed by atoms with Crippen molar-refractivity contribution in [2.24, 2.45) is 11.3 Å². The molecular formula is C21H33Cl2N3O2. The summed E-state index contributed by atoms with van der Waals surface area (Å²) in [4.78, 5) is 17.5. The van der Waals surface area contributed by atoms with Gasteiger partial charge in [-0.3, -0.25) is 9.69 Å². The number of nitrogens with zero attached hydrogens (tertiary/aromatic N) is 2. The Kier molecular flexibility index (Phi) is 8.03. The van der Waals surface area contributed by atoms with Crippen LogP contribution in [-0.2, 0) is 4.79 Å². The first kappa shape index (κ1) is 23.3. The molecule has 3 aliphatic rings. The van der Waals surface area contributed by atoms with E-state index in [4.69, 9.17) is 4.74 Å². The number of nitrogens with one attached hydrogen (secondary N) is 1. The second kappa shape index (κ2) is 9.66. The van der Waals surface area contributed by atoms with Crippen molar-refractivity contribution in [3.63, 3.8) is 0 Å². The van der Waals surface area contributed by atoms with Crippen molar-refractivity contribution < 1.29 is 9.53 Å². The number of methoxy groups -OCH3 is 1. The van der Waals surface area contributed by atoms with E-state index in [1.165, 1.54) is 18.4 Å². The van der Waals surface area contributed by atoms with E-state index in [2.05, 4.69) is 40.2 Å². The maximum Gasteiger partial charge on any atom is 0.226 e. The molecule has 1 N–H and O–H groups in total. The Labute approximate surface area is 181 Å². The molecule has 7 heteroatoms. The van der Waals surface area contributed by atoms with Crippen LogP contribution >= 0.6 is 24.8 Å². The summed E-state index contributed by atoms with van der Waals surface area (Å²) in [6.07, 6.45) is 3.47. The molecule has 2 unspecified atom stereocenters. The minimum atomic E-state index is 0. The molecule has 2 heterocycles. The SMILES string of the molecule is COc1cccc(C(C)N2CCN(C(=O)C3CC34CCNCC4)CC2)c1.Cl.Cl. The van der Waals surface area contributed by atoms with Crippen molar-refractivity contribution in [3.05, 3.63) is 29.8 Å². The maximum absolute atomic E-state index is 12.9. The first-order valence-corrected chi connectivity index (χ1v) is 10.0. The number of benzene rings is 1. The smallest absolute Gasteiger partial charge is 0.226 e. The molecule has 1 aliphatic carbocycles. The van der Waals surface area contributed by atoms with Crippen molar-refractivity contribution >= 4 is 30.7 Å². The number of halogens is 2. The van der Waals surface area contributed by atoms with Gasteiger partial charge in [0.05, 0.1) is 7.11 Å². The Morgan fingerprint density at radius 3 is 2.50 bits per heavy atom. The highest BCUT2D eigenvalue weighted by Gasteiger charge is 2.58. The molecule has 2 aliphatic heterocycles. The van der Waals surface area contributed by atoms with Crippen molar-refractivity contribution in [2.45, 2.75) is 32.2 Å². The van der Waals surface area contributed by atoms with Crippen LogP contribution in [0.5, 0.6) is 5.75 Å². The number of piperidine rings is 1. The Hall–Kier alpha value is -1.01. The highest BCUT2D eigenvalue weighted by Crippen LogP contribution is 2.59. The van der Waals surface area contributed by atoms with Crippen LogP contribution in [0.1, 0.15) is 37.8 Å². The third-order valence-electron chi connectivity index (χ3n) is 6.84. The highest BCUT2D eigenvalue weighted by atomic mass is 35.5. The van der Waals surface area contributed by atoms with Gasteiger partial charge in [0.25, 0.3) is 0 Å². The molecule has 1 spiro atoms. The number of carbonyl (C=O) groups is 1. The summed E-state index contributed by atoms with van der Waals surface area (Å²) in [5.41, 5.74) is 1.62. The fourth-order valence-electron chi connectivity index (χ4n) is 4.84. The summed E-state index contributed by atoms with van der Waals surface area (Å²) in [6, 6.07) is 8.66. The Bertz CT molecular complexity index is 659. The normalized spacial score (nSPS) is 24.6. The number of piperazine rings is 1. The Morgan fingerprint density at radius 2 is 1.86 bits per heavy atom. The van der Waals surface area contributed by atoms with Gasteiger partial charge in [0.1, 0.15) is 5.75 Å². The largest absolute Gasteiger partial charge is 0.497 e. The Morgan fingerprint density at radius 1 is 1.18 bits per heavy atom. The van der Waals surface area contributed by atoms with Gasteiger partial charge in [0, 0.05) is 38.1 Å². The summed E-state index contributed by atoms with van der Waals surface area (Å²) < 4.78 is 5.35. The lowest BCUT2D eigenvalue weighted by Crippen LogP contribution is -2.50. The van der Waals surface area contributed by atoms with Crippen LogP contribution in [0.15, 0.2) is 24.3 Å².